The number of anilines is 4. The number of nitrogens with two attached hydrogens (primary N) is 2. The van der Waals surface area contributed by atoms with Gasteiger partial charge < -0.3 is 42.4 Å². The highest BCUT2D eigenvalue weighted by Crippen LogP contribution is 2.38. The number of unbranched alkanes of at least 4 members (excludes halogenated alkanes) is 1. The summed E-state index contributed by atoms with van der Waals surface area (Å²) >= 11 is 1.19. The van der Waals surface area contributed by atoms with E-state index in [-0.39, 0.29) is 11.7 Å². The van der Waals surface area contributed by atoms with E-state index in [4.69, 9.17) is 16.2 Å². The summed E-state index contributed by atoms with van der Waals surface area (Å²) in [6.45, 7) is 7.71. The van der Waals surface area contributed by atoms with Gasteiger partial charge >= 0.3 is 0 Å². The van der Waals surface area contributed by atoms with Crippen molar-refractivity contribution in [1.82, 2.24) is 25.5 Å². The summed E-state index contributed by atoms with van der Waals surface area (Å²) in [6.07, 6.45) is 4.43. The summed E-state index contributed by atoms with van der Waals surface area (Å²) in [5, 5.41) is 13.4. The first kappa shape index (κ1) is 36.0. The number of para-hydroxylation sites is 1. The van der Waals surface area contributed by atoms with Gasteiger partial charge in [0.25, 0.3) is 11.5 Å². The van der Waals surface area contributed by atoms with Gasteiger partial charge in [0.05, 0.1) is 28.3 Å². The number of hydrogen-bond acceptors (Lipinski definition) is 11. The largest absolute Gasteiger partial charge is 0.490 e. The van der Waals surface area contributed by atoms with Crippen molar-refractivity contribution in [3.63, 3.8) is 0 Å². The zero-order chi connectivity index (χ0) is 35.4. The third-order valence-corrected chi connectivity index (χ3v) is 9.71. The van der Waals surface area contributed by atoms with Crippen LogP contribution in [0.2, 0.25) is 0 Å². The van der Waals surface area contributed by atoms with Crippen molar-refractivity contribution in [3.8, 4) is 11.4 Å². The van der Waals surface area contributed by atoms with E-state index < -0.39 is 5.56 Å². The monoisotopic (exact) mass is 709 g/mol. The summed E-state index contributed by atoms with van der Waals surface area (Å²) in [5.41, 5.74) is 16.0. The predicted molar refractivity (Wildman–Crippen MR) is 208 cm³/mol. The Bertz CT molecular complexity index is 1950. The Balaban J connectivity index is 1.04. The molecule has 13 heteroatoms. The molecule has 3 aromatic carbocycles. The number of fused-ring (bicyclic) bond motifs is 2. The molecule has 0 saturated heterocycles. The number of ether oxygens (including phenoxy) is 1. The van der Waals surface area contributed by atoms with Gasteiger partial charge in [0, 0.05) is 17.9 Å². The molecular weight excluding hydrogens is 663 g/mol. The highest BCUT2D eigenvalue weighted by Gasteiger charge is 2.23. The second kappa shape index (κ2) is 17.9. The molecule has 0 aliphatic carbocycles. The average Bonchev–Trinajstić information content (AvgIpc) is 3.58. The van der Waals surface area contributed by atoms with Gasteiger partial charge in [-0.15, -0.1) is 11.3 Å². The normalized spacial score (nSPS) is 12.5. The number of nitrogen functional groups attached to an aromatic ring is 1. The number of aromatic nitrogens is 2. The van der Waals surface area contributed by atoms with Crippen molar-refractivity contribution in [2.45, 2.75) is 32.2 Å². The van der Waals surface area contributed by atoms with E-state index in [1.54, 1.807) is 6.07 Å². The molecule has 0 radical (unpaired) electrons. The number of carbonyl (C=O) groups is 1. The molecule has 1 aliphatic rings. The van der Waals surface area contributed by atoms with E-state index in [2.05, 4.69) is 31.2 Å². The molecule has 8 N–H and O–H groups in total. The van der Waals surface area contributed by atoms with Crippen LogP contribution in [0.25, 0.3) is 16.0 Å². The number of amides is 1. The predicted octanol–water partition coefficient (Wildman–Crippen LogP) is 4.60. The number of carbonyl (C=O) groups excluding carboxylic acids is 1. The molecule has 0 fully saturated rings. The molecule has 0 spiro atoms. The van der Waals surface area contributed by atoms with Crippen LogP contribution in [0.3, 0.4) is 0 Å². The molecule has 51 heavy (non-hydrogen) atoms. The highest BCUT2D eigenvalue weighted by molar-refractivity contribution is 7.20. The third-order valence-electron chi connectivity index (χ3n) is 8.70. The quantitative estimate of drug-likeness (QED) is 0.0709. The summed E-state index contributed by atoms with van der Waals surface area (Å²) < 4.78 is 7.46. The summed E-state index contributed by atoms with van der Waals surface area (Å²) in [7, 11) is 0. The molecular formula is C38H47N9O3S. The SMILES string of the molecule is NCCCNCCCCNCCCNCc1ccc(NC(=O)c2cc3c(nc(N)c(=O)n3-c3ccc4c(c3)N(c3ccccc3)CCO4)s2)cc1. The first-order chi connectivity index (χ1) is 25.0. The van der Waals surface area contributed by atoms with Crippen LogP contribution < -0.4 is 47.9 Å². The minimum Gasteiger partial charge on any atom is -0.490 e. The first-order valence-corrected chi connectivity index (χ1v) is 18.5. The molecule has 268 valence electrons. The molecule has 12 nitrogen and oxygen atoms in total. The van der Waals surface area contributed by atoms with Crippen LogP contribution in [0.1, 0.15) is 40.9 Å². The van der Waals surface area contributed by atoms with Crippen molar-refractivity contribution in [2.75, 3.05) is 68.4 Å². The smallest absolute Gasteiger partial charge is 0.298 e. The highest BCUT2D eigenvalue weighted by atomic mass is 32.1. The molecule has 5 aromatic rings. The Morgan fingerprint density at radius 1 is 0.843 bits per heavy atom. The lowest BCUT2D eigenvalue weighted by atomic mass is 10.1. The van der Waals surface area contributed by atoms with Crippen LogP contribution in [0.5, 0.6) is 5.75 Å². The van der Waals surface area contributed by atoms with Gasteiger partial charge in [-0.05, 0) is 119 Å². The van der Waals surface area contributed by atoms with E-state index in [9.17, 15) is 9.59 Å². The fourth-order valence-corrected chi connectivity index (χ4v) is 6.95. The Labute approximate surface area is 302 Å². The first-order valence-electron chi connectivity index (χ1n) is 17.7. The molecule has 2 aromatic heterocycles. The van der Waals surface area contributed by atoms with Crippen molar-refractivity contribution >= 4 is 50.5 Å². The van der Waals surface area contributed by atoms with Gasteiger partial charge in [0.1, 0.15) is 17.2 Å². The zero-order valence-electron chi connectivity index (χ0n) is 28.8. The standard InChI is InChI=1S/C38H47N9O3S/c39-16-6-19-41-17-4-5-18-42-20-7-21-43-26-27-10-12-28(13-11-27)44-36(48)34-25-32-37(51-34)45-35(40)38(49)47(32)30-14-15-33-31(24-30)46(22-23-50-33)29-8-2-1-3-9-29/h1-3,8-15,24-25,41-43H,4-7,16-23,26,39H2,(H2,40,45)(H,44,48). The van der Waals surface area contributed by atoms with E-state index in [0.717, 1.165) is 81.3 Å². The summed E-state index contributed by atoms with van der Waals surface area (Å²) in [5.74, 6) is 0.305. The van der Waals surface area contributed by atoms with Crippen LogP contribution >= 0.6 is 11.3 Å². The lowest BCUT2D eigenvalue weighted by Gasteiger charge is -2.31. The second-order valence-electron chi connectivity index (χ2n) is 12.5. The summed E-state index contributed by atoms with van der Waals surface area (Å²) in [4.78, 5) is 34.2. The van der Waals surface area contributed by atoms with E-state index >= 15 is 0 Å². The van der Waals surface area contributed by atoms with Crippen molar-refractivity contribution in [2.24, 2.45) is 5.73 Å². The van der Waals surface area contributed by atoms with Gasteiger partial charge in [-0.3, -0.25) is 14.2 Å². The Morgan fingerprint density at radius 3 is 2.33 bits per heavy atom. The molecule has 3 heterocycles. The van der Waals surface area contributed by atoms with Crippen molar-refractivity contribution < 1.29 is 9.53 Å². The number of rotatable bonds is 18. The fraction of sp³-hybridized carbons (Fsp3) is 0.342. The van der Waals surface area contributed by atoms with Gasteiger partial charge in [-0.25, -0.2) is 4.98 Å². The van der Waals surface area contributed by atoms with E-state index in [1.165, 1.54) is 28.7 Å². The zero-order valence-corrected chi connectivity index (χ0v) is 29.6. The minimum atomic E-state index is -0.450. The van der Waals surface area contributed by atoms with Gasteiger partial charge in [0.15, 0.2) is 5.82 Å². The Kier molecular flexibility index (Phi) is 12.7. The number of thiophene rings is 1. The molecule has 0 saturated carbocycles. The molecule has 0 bridgehead atoms. The van der Waals surface area contributed by atoms with Gasteiger partial charge in [-0.2, -0.15) is 0 Å². The average molecular weight is 710 g/mol. The van der Waals surface area contributed by atoms with E-state index in [0.29, 0.717) is 39.8 Å². The number of nitrogens with one attached hydrogen (secondary N) is 4. The van der Waals surface area contributed by atoms with Crippen LogP contribution in [0, 0.1) is 0 Å². The van der Waals surface area contributed by atoms with Crippen LogP contribution in [-0.2, 0) is 6.54 Å². The van der Waals surface area contributed by atoms with E-state index in [1.807, 2.05) is 72.8 Å². The topological polar surface area (TPSA) is 165 Å². The maximum Gasteiger partial charge on any atom is 0.298 e. The molecule has 1 aliphatic heterocycles. The van der Waals surface area contributed by atoms with Crippen LogP contribution in [0.15, 0.2) is 83.7 Å². The lowest BCUT2D eigenvalue weighted by molar-refractivity contribution is 0.103. The molecule has 0 unspecified atom stereocenters. The van der Waals surface area contributed by atoms with Gasteiger partial charge in [-0.1, -0.05) is 30.3 Å². The number of benzene rings is 3. The lowest BCUT2D eigenvalue weighted by Crippen LogP contribution is -2.29. The molecule has 1 amide bonds. The number of hydrogen-bond donors (Lipinski definition) is 6. The maximum atomic E-state index is 13.4. The minimum absolute atomic E-state index is 0.135. The van der Waals surface area contributed by atoms with Crippen molar-refractivity contribution in [3.05, 3.63) is 99.7 Å². The molecule has 6 rings (SSSR count). The van der Waals surface area contributed by atoms with Crippen LogP contribution in [0.4, 0.5) is 22.9 Å². The Hall–Kier alpha value is -4.79. The Morgan fingerprint density at radius 2 is 1.57 bits per heavy atom. The molecule has 0 atom stereocenters. The fourth-order valence-electron chi connectivity index (χ4n) is 6.03. The maximum absolute atomic E-state index is 13.4. The van der Waals surface area contributed by atoms with Gasteiger partial charge in [0.2, 0.25) is 0 Å². The second-order valence-corrected chi connectivity index (χ2v) is 13.5. The third kappa shape index (κ3) is 9.31. The summed E-state index contributed by atoms with van der Waals surface area (Å²) in [6, 6.07) is 25.1. The van der Waals surface area contributed by atoms with Crippen LogP contribution in [-0.4, -0.2) is 67.9 Å². The number of nitrogens with zero attached hydrogens (tertiary/aromatic N) is 3. The van der Waals surface area contributed by atoms with Crippen molar-refractivity contribution in [1.29, 1.82) is 0 Å².